The van der Waals surface area contributed by atoms with Crippen molar-refractivity contribution in [3.8, 4) is 11.1 Å². The number of aliphatic hydroxyl groups is 1. The lowest BCUT2D eigenvalue weighted by molar-refractivity contribution is 0.514. The average Bonchev–Trinajstić information content (AvgIpc) is 2.92. The summed E-state index contributed by atoms with van der Waals surface area (Å²) in [7, 11) is 4.00. The van der Waals surface area contributed by atoms with Gasteiger partial charge in [-0.3, -0.25) is 4.31 Å². The molecule has 0 spiro atoms. The number of nitrogens with two attached hydrogens (primary N) is 1. The molecule has 0 unspecified atom stereocenters. The number of benzene rings is 2. The molecule has 0 fully saturated rings. The molecule has 3 N–H and O–H groups in total. The van der Waals surface area contributed by atoms with Gasteiger partial charge < -0.3 is 15.4 Å². The molecule has 3 aromatic rings. The summed E-state index contributed by atoms with van der Waals surface area (Å²) < 4.78 is 18.3. The maximum Gasteiger partial charge on any atom is 0.117 e. The van der Waals surface area contributed by atoms with Gasteiger partial charge in [0.15, 0.2) is 0 Å². The first-order chi connectivity index (χ1) is 13.8. The number of hydrogen-bond acceptors (Lipinski definition) is 4. The number of allylic oxidation sites excluding steroid dienone is 1. The normalized spacial score (nSPS) is 12.1. The van der Waals surface area contributed by atoms with Crippen LogP contribution >= 0.6 is 11.9 Å². The number of aliphatic hydroxyl groups excluding tert-OH is 1. The Kier molecular flexibility index (Phi) is 6.47. The number of halogens is 1. The van der Waals surface area contributed by atoms with E-state index in [1.54, 1.807) is 18.0 Å². The van der Waals surface area contributed by atoms with E-state index in [-0.39, 0.29) is 24.7 Å². The Morgan fingerprint density at radius 1 is 1.28 bits per heavy atom. The molecular formula is C23H26FN3OS. The Balaban J connectivity index is 2.24. The third kappa shape index (κ3) is 4.56. The standard InChI is InChI=1S/C23H26FN3OS/c1-15-23(18-6-5-7-20(12-18)29-26(3)4)21-13-17(16(2)28)8-9-22(21)27(15)14-19(24)10-11-25/h5-10,12-13,28H,2,11,14,25H2,1,3-4H3/b19-10-. The van der Waals surface area contributed by atoms with Gasteiger partial charge in [0.05, 0.1) is 6.54 Å². The SMILES string of the molecule is C=C(O)c1ccc2c(c1)c(-c1cccc(SN(C)C)c1)c(C)n2C/C(F)=C/CN. The fraction of sp³-hybridized carbons (Fsp3) is 0.217. The molecule has 0 aliphatic carbocycles. The molecular weight excluding hydrogens is 385 g/mol. The Morgan fingerprint density at radius 2 is 2.03 bits per heavy atom. The maximum absolute atomic E-state index is 14.3. The highest BCUT2D eigenvalue weighted by Crippen LogP contribution is 2.38. The van der Waals surface area contributed by atoms with Crippen LogP contribution in [-0.2, 0) is 6.54 Å². The highest BCUT2D eigenvalue weighted by molar-refractivity contribution is 7.97. The molecule has 152 valence electrons. The van der Waals surface area contributed by atoms with Crippen LogP contribution < -0.4 is 5.73 Å². The molecule has 1 heterocycles. The van der Waals surface area contributed by atoms with Gasteiger partial charge in [-0.1, -0.05) is 18.7 Å². The van der Waals surface area contributed by atoms with Crippen LogP contribution in [0.2, 0.25) is 0 Å². The Labute approximate surface area is 175 Å². The first-order valence-electron chi connectivity index (χ1n) is 9.33. The van der Waals surface area contributed by atoms with E-state index in [9.17, 15) is 9.50 Å². The van der Waals surface area contributed by atoms with Crippen molar-refractivity contribution in [1.82, 2.24) is 8.87 Å². The van der Waals surface area contributed by atoms with E-state index in [0.29, 0.717) is 5.56 Å². The number of nitrogens with zero attached hydrogens (tertiary/aromatic N) is 2. The summed E-state index contributed by atoms with van der Waals surface area (Å²) >= 11 is 1.64. The monoisotopic (exact) mass is 411 g/mol. The van der Waals surface area contributed by atoms with Crippen molar-refractivity contribution in [1.29, 1.82) is 0 Å². The van der Waals surface area contributed by atoms with Gasteiger partial charge >= 0.3 is 0 Å². The zero-order chi connectivity index (χ0) is 21.1. The molecule has 0 saturated heterocycles. The van der Waals surface area contributed by atoms with Crippen molar-refractivity contribution in [2.45, 2.75) is 18.4 Å². The van der Waals surface area contributed by atoms with Crippen LogP contribution in [0.15, 0.2) is 65.8 Å². The lowest BCUT2D eigenvalue weighted by atomic mass is 10.0. The van der Waals surface area contributed by atoms with Crippen molar-refractivity contribution >= 4 is 28.6 Å². The Morgan fingerprint density at radius 3 is 2.69 bits per heavy atom. The van der Waals surface area contributed by atoms with Gasteiger partial charge in [0, 0.05) is 39.2 Å². The van der Waals surface area contributed by atoms with Gasteiger partial charge in [-0.2, -0.15) is 0 Å². The summed E-state index contributed by atoms with van der Waals surface area (Å²) in [5.41, 5.74) is 10.0. The predicted molar refractivity (Wildman–Crippen MR) is 122 cm³/mol. The highest BCUT2D eigenvalue weighted by Gasteiger charge is 2.18. The van der Waals surface area contributed by atoms with Crippen molar-refractivity contribution in [2.75, 3.05) is 20.6 Å². The van der Waals surface area contributed by atoms with Crippen LogP contribution in [0, 0.1) is 6.92 Å². The topological polar surface area (TPSA) is 54.4 Å². The maximum atomic E-state index is 14.3. The van der Waals surface area contributed by atoms with E-state index in [1.165, 1.54) is 6.08 Å². The second-order valence-electron chi connectivity index (χ2n) is 7.04. The van der Waals surface area contributed by atoms with Gasteiger partial charge in [-0.15, -0.1) is 0 Å². The molecule has 2 aromatic carbocycles. The van der Waals surface area contributed by atoms with Crippen LogP contribution in [0.3, 0.4) is 0 Å². The van der Waals surface area contributed by atoms with Crippen molar-refractivity contribution < 1.29 is 9.50 Å². The molecule has 3 rings (SSSR count). The van der Waals surface area contributed by atoms with Gasteiger partial charge in [-0.25, -0.2) is 4.39 Å². The number of fused-ring (bicyclic) bond motifs is 1. The van der Waals surface area contributed by atoms with Crippen molar-refractivity contribution in [3.63, 3.8) is 0 Å². The van der Waals surface area contributed by atoms with E-state index in [2.05, 4.69) is 24.8 Å². The number of rotatable bonds is 7. The largest absolute Gasteiger partial charge is 0.508 e. The fourth-order valence-corrected chi connectivity index (χ4v) is 4.23. The molecule has 0 amide bonds. The summed E-state index contributed by atoms with van der Waals surface area (Å²) in [4.78, 5) is 1.12. The van der Waals surface area contributed by atoms with Gasteiger partial charge in [0.1, 0.15) is 11.6 Å². The third-order valence-electron chi connectivity index (χ3n) is 4.72. The van der Waals surface area contributed by atoms with Crippen molar-refractivity contribution in [3.05, 3.63) is 72.2 Å². The number of aromatic nitrogens is 1. The first kappa shape index (κ1) is 21.2. The summed E-state index contributed by atoms with van der Waals surface area (Å²) in [5.74, 6) is -0.263. The molecule has 0 atom stereocenters. The molecule has 0 saturated carbocycles. The van der Waals surface area contributed by atoms with Gasteiger partial charge in [0.25, 0.3) is 0 Å². The van der Waals surface area contributed by atoms with E-state index in [4.69, 9.17) is 5.73 Å². The van der Waals surface area contributed by atoms with Crippen LogP contribution in [0.5, 0.6) is 0 Å². The zero-order valence-corrected chi connectivity index (χ0v) is 17.8. The summed E-state index contributed by atoms with van der Waals surface area (Å²) in [5, 5.41) is 10.8. The smallest absolute Gasteiger partial charge is 0.117 e. The summed E-state index contributed by atoms with van der Waals surface area (Å²) in [6.07, 6.45) is 1.39. The third-order valence-corrected chi connectivity index (χ3v) is 5.55. The van der Waals surface area contributed by atoms with E-state index >= 15 is 0 Å². The van der Waals surface area contributed by atoms with E-state index < -0.39 is 0 Å². The molecule has 1 aromatic heterocycles. The molecule has 0 aliphatic rings. The average molecular weight is 412 g/mol. The zero-order valence-electron chi connectivity index (χ0n) is 16.9. The minimum absolute atomic E-state index is 0.00868. The van der Waals surface area contributed by atoms with Crippen molar-refractivity contribution in [2.24, 2.45) is 5.73 Å². The lowest BCUT2D eigenvalue weighted by Gasteiger charge is -2.11. The molecule has 6 heteroatoms. The first-order valence-corrected chi connectivity index (χ1v) is 10.1. The van der Waals surface area contributed by atoms with Crippen LogP contribution in [-0.4, -0.2) is 34.6 Å². The molecule has 29 heavy (non-hydrogen) atoms. The molecule has 0 radical (unpaired) electrons. The Bertz CT molecular complexity index is 1090. The minimum Gasteiger partial charge on any atom is -0.508 e. The summed E-state index contributed by atoms with van der Waals surface area (Å²) in [6, 6.07) is 13.9. The van der Waals surface area contributed by atoms with Crippen LogP contribution in [0.1, 0.15) is 11.3 Å². The molecule has 0 bridgehead atoms. The second-order valence-corrected chi connectivity index (χ2v) is 8.43. The van der Waals surface area contributed by atoms with E-state index in [0.717, 1.165) is 32.6 Å². The van der Waals surface area contributed by atoms with Crippen LogP contribution in [0.4, 0.5) is 4.39 Å². The number of hydrogen-bond donors (Lipinski definition) is 2. The molecule has 0 aliphatic heterocycles. The lowest BCUT2D eigenvalue weighted by Crippen LogP contribution is -2.03. The Hall–Kier alpha value is -2.54. The predicted octanol–water partition coefficient (Wildman–Crippen LogP) is 5.53. The second kappa shape index (κ2) is 8.86. The highest BCUT2D eigenvalue weighted by atomic mass is 32.2. The van der Waals surface area contributed by atoms with Gasteiger partial charge in [0.2, 0.25) is 0 Å². The minimum atomic E-state index is -0.272. The van der Waals surface area contributed by atoms with E-state index in [1.807, 2.05) is 48.1 Å². The van der Waals surface area contributed by atoms with Crippen LogP contribution in [0.25, 0.3) is 27.8 Å². The fourth-order valence-electron chi connectivity index (χ4n) is 3.49. The summed E-state index contributed by atoms with van der Waals surface area (Å²) in [6.45, 7) is 5.91. The quantitative estimate of drug-likeness (QED) is 0.397. The molecule has 4 nitrogen and oxygen atoms in total. The van der Waals surface area contributed by atoms with Gasteiger partial charge in [-0.05, 0) is 74.9 Å².